The molecular formula is C15H14ClF3N4O. The summed E-state index contributed by atoms with van der Waals surface area (Å²) in [5.74, 6) is -0.312. The van der Waals surface area contributed by atoms with Crippen molar-refractivity contribution in [1.82, 2.24) is 9.97 Å². The van der Waals surface area contributed by atoms with Crippen molar-refractivity contribution in [2.45, 2.75) is 19.5 Å². The van der Waals surface area contributed by atoms with Gasteiger partial charge in [0.2, 0.25) is 0 Å². The second kappa shape index (κ2) is 7.48. The van der Waals surface area contributed by atoms with Crippen LogP contribution in [0.3, 0.4) is 0 Å². The lowest BCUT2D eigenvalue weighted by Gasteiger charge is -2.14. The molecule has 1 aromatic heterocycles. The van der Waals surface area contributed by atoms with Crippen LogP contribution in [0.5, 0.6) is 0 Å². The monoisotopic (exact) mass is 358 g/mol. The Bertz CT molecular complexity index is 720. The number of halogens is 4. The quantitative estimate of drug-likeness (QED) is 0.839. The van der Waals surface area contributed by atoms with E-state index < -0.39 is 23.3 Å². The average molecular weight is 359 g/mol. The predicted molar refractivity (Wildman–Crippen MR) is 85.2 cm³/mol. The normalized spacial score (nSPS) is 11.2. The Hall–Kier alpha value is -2.35. The average Bonchev–Trinajstić information content (AvgIpc) is 2.54. The molecule has 9 heteroatoms. The molecule has 24 heavy (non-hydrogen) atoms. The third kappa shape index (κ3) is 4.58. The first-order valence-corrected chi connectivity index (χ1v) is 7.43. The molecule has 0 spiro atoms. The van der Waals surface area contributed by atoms with Gasteiger partial charge in [0.15, 0.2) is 0 Å². The van der Waals surface area contributed by atoms with E-state index in [1.165, 1.54) is 18.5 Å². The van der Waals surface area contributed by atoms with E-state index in [1.807, 2.05) is 6.92 Å². The van der Waals surface area contributed by atoms with Gasteiger partial charge in [0, 0.05) is 11.6 Å². The highest BCUT2D eigenvalue weighted by Crippen LogP contribution is 2.36. The predicted octanol–water partition coefficient (Wildman–Crippen LogP) is 4.22. The van der Waals surface area contributed by atoms with Crippen molar-refractivity contribution >= 4 is 29.0 Å². The Morgan fingerprint density at radius 2 is 2.00 bits per heavy atom. The molecule has 2 rings (SSSR count). The van der Waals surface area contributed by atoms with Crippen LogP contribution in [0.2, 0.25) is 5.02 Å². The van der Waals surface area contributed by atoms with Crippen molar-refractivity contribution in [2.75, 3.05) is 17.2 Å². The molecule has 1 aromatic carbocycles. The van der Waals surface area contributed by atoms with Crippen LogP contribution < -0.4 is 10.6 Å². The van der Waals surface area contributed by atoms with Gasteiger partial charge in [0.05, 0.1) is 23.6 Å². The number of nitrogens with zero attached hydrogens (tertiary/aromatic N) is 2. The van der Waals surface area contributed by atoms with E-state index in [0.717, 1.165) is 18.6 Å². The number of hydrogen-bond donors (Lipinski definition) is 2. The van der Waals surface area contributed by atoms with Gasteiger partial charge in [-0.1, -0.05) is 18.5 Å². The second-order valence-corrected chi connectivity index (χ2v) is 5.29. The molecule has 1 amide bonds. The number of anilines is 2. The Labute approximate surface area is 141 Å². The molecular weight excluding hydrogens is 345 g/mol. The minimum absolute atomic E-state index is 0.0773. The zero-order valence-electron chi connectivity index (χ0n) is 12.6. The summed E-state index contributed by atoms with van der Waals surface area (Å²) in [6, 6.07) is 3.10. The van der Waals surface area contributed by atoms with E-state index in [-0.39, 0.29) is 10.7 Å². The number of rotatable bonds is 5. The first kappa shape index (κ1) is 18.0. The van der Waals surface area contributed by atoms with Crippen molar-refractivity contribution in [3.8, 4) is 0 Å². The molecule has 0 bridgehead atoms. The fourth-order valence-electron chi connectivity index (χ4n) is 1.84. The van der Waals surface area contributed by atoms with Gasteiger partial charge in [-0.05, 0) is 24.6 Å². The van der Waals surface area contributed by atoms with Crippen LogP contribution >= 0.6 is 11.6 Å². The zero-order chi connectivity index (χ0) is 17.7. The summed E-state index contributed by atoms with van der Waals surface area (Å²) in [5.41, 5.74) is -1.52. The molecule has 0 aliphatic carbocycles. The fraction of sp³-hybridized carbons (Fsp3) is 0.267. The molecule has 0 aliphatic rings. The summed E-state index contributed by atoms with van der Waals surface area (Å²) in [6.07, 6.45) is -1.22. The van der Waals surface area contributed by atoms with Crippen molar-refractivity contribution in [1.29, 1.82) is 0 Å². The summed E-state index contributed by atoms with van der Waals surface area (Å²) < 4.78 is 39.0. The molecule has 0 radical (unpaired) electrons. The maximum Gasteiger partial charge on any atom is 0.418 e. The largest absolute Gasteiger partial charge is 0.418 e. The highest BCUT2D eigenvalue weighted by atomic mass is 35.5. The number of carbonyl (C=O) groups is 1. The van der Waals surface area contributed by atoms with E-state index >= 15 is 0 Å². The molecule has 0 saturated heterocycles. The van der Waals surface area contributed by atoms with Crippen LogP contribution in [0.25, 0.3) is 0 Å². The minimum atomic E-state index is -4.65. The van der Waals surface area contributed by atoms with E-state index in [9.17, 15) is 18.0 Å². The topological polar surface area (TPSA) is 66.9 Å². The maximum atomic E-state index is 13.0. The first-order valence-electron chi connectivity index (χ1n) is 7.05. The van der Waals surface area contributed by atoms with E-state index in [4.69, 9.17) is 11.6 Å². The summed E-state index contributed by atoms with van der Waals surface area (Å²) in [4.78, 5) is 19.9. The molecule has 0 aliphatic heterocycles. The van der Waals surface area contributed by atoms with Crippen LogP contribution in [0.4, 0.5) is 24.7 Å². The maximum absolute atomic E-state index is 13.0. The molecule has 0 saturated carbocycles. The molecule has 0 fully saturated rings. The summed E-state index contributed by atoms with van der Waals surface area (Å²) >= 11 is 5.59. The lowest BCUT2D eigenvalue weighted by molar-refractivity contribution is -0.136. The molecule has 2 N–H and O–H groups in total. The standard InChI is InChI=1S/C15H14ClF3N4O/c1-2-5-20-13-8-21-12(7-22-13)14(24)23-11-4-3-9(16)6-10(11)15(17,18)19/h3-4,6-8H,2,5H2,1H3,(H,20,22)(H,23,24). The van der Waals surface area contributed by atoms with Crippen LogP contribution in [0.15, 0.2) is 30.6 Å². The number of benzene rings is 1. The number of aromatic nitrogens is 2. The van der Waals surface area contributed by atoms with E-state index in [1.54, 1.807) is 0 Å². The third-order valence-electron chi connectivity index (χ3n) is 2.98. The Morgan fingerprint density at radius 1 is 1.25 bits per heavy atom. The van der Waals surface area contributed by atoms with Crippen molar-refractivity contribution in [3.63, 3.8) is 0 Å². The summed E-state index contributed by atoms with van der Waals surface area (Å²) in [5, 5.41) is 5.08. The number of hydrogen-bond acceptors (Lipinski definition) is 4. The molecule has 5 nitrogen and oxygen atoms in total. The van der Waals surface area contributed by atoms with Gasteiger partial charge in [-0.15, -0.1) is 0 Å². The smallest absolute Gasteiger partial charge is 0.369 e. The highest BCUT2D eigenvalue weighted by Gasteiger charge is 2.34. The minimum Gasteiger partial charge on any atom is -0.369 e. The van der Waals surface area contributed by atoms with Crippen LogP contribution in [0.1, 0.15) is 29.4 Å². The molecule has 1 heterocycles. The van der Waals surface area contributed by atoms with Gasteiger partial charge in [0.1, 0.15) is 11.5 Å². The van der Waals surface area contributed by atoms with Gasteiger partial charge in [-0.3, -0.25) is 4.79 Å². The summed E-state index contributed by atoms with van der Waals surface area (Å²) in [6.45, 7) is 2.67. The SMILES string of the molecule is CCCNc1cnc(C(=O)Nc2ccc(Cl)cc2C(F)(F)F)cn1. The molecule has 128 valence electrons. The van der Waals surface area contributed by atoms with Crippen molar-refractivity contribution < 1.29 is 18.0 Å². The van der Waals surface area contributed by atoms with Gasteiger partial charge in [0.25, 0.3) is 5.91 Å². The van der Waals surface area contributed by atoms with Gasteiger partial charge in [-0.25, -0.2) is 9.97 Å². The van der Waals surface area contributed by atoms with E-state index in [2.05, 4.69) is 20.6 Å². The number of nitrogens with one attached hydrogen (secondary N) is 2. The lowest BCUT2D eigenvalue weighted by atomic mass is 10.1. The molecule has 0 atom stereocenters. The Morgan fingerprint density at radius 3 is 2.58 bits per heavy atom. The fourth-order valence-corrected chi connectivity index (χ4v) is 2.01. The van der Waals surface area contributed by atoms with Crippen molar-refractivity contribution in [3.05, 3.63) is 46.9 Å². The highest BCUT2D eigenvalue weighted by molar-refractivity contribution is 6.30. The lowest BCUT2D eigenvalue weighted by Crippen LogP contribution is -2.18. The van der Waals surface area contributed by atoms with Gasteiger partial charge < -0.3 is 10.6 Å². The van der Waals surface area contributed by atoms with Gasteiger partial charge in [-0.2, -0.15) is 13.2 Å². The Balaban J connectivity index is 2.18. The van der Waals surface area contributed by atoms with E-state index in [0.29, 0.717) is 12.4 Å². The van der Waals surface area contributed by atoms with Gasteiger partial charge >= 0.3 is 6.18 Å². The summed E-state index contributed by atoms with van der Waals surface area (Å²) in [7, 11) is 0. The third-order valence-corrected chi connectivity index (χ3v) is 3.21. The second-order valence-electron chi connectivity index (χ2n) is 4.86. The van der Waals surface area contributed by atoms with Crippen LogP contribution in [-0.4, -0.2) is 22.4 Å². The number of alkyl halides is 3. The first-order chi connectivity index (χ1) is 11.3. The van der Waals surface area contributed by atoms with Crippen LogP contribution in [0, 0.1) is 0 Å². The van der Waals surface area contributed by atoms with Crippen LogP contribution in [-0.2, 0) is 6.18 Å². The number of carbonyl (C=O) groups excluding carboxylic acids is 1. The number of amides is 1. The molecule has 0 unspecified atom stereocenters. The zero-order valence-corrected chi connectivity index (χ0v) is 13.4. The molecule has 2 aromatic rings. The van der Waals surface area contributed by atoms with Crippen molar-refractivity contribution in [2.24, 2.45) is 0 Å². The Kier molecular flexibility index (Phi) is 5.61.